The predicted molar refractivity (Wildman–Crippen MR) is 44.8 cm³/mol. The number of aliphatic hydroxyl groups is 1. The highest BCUT2D eigenvalue weighted by Crippen LogP contribution is 2.35. The van der Waals surface area contributed by atoms with Crippen LogP contribution in [0.3, 0.4) is 0 Å². The maximum absolute atomic E-state index is 12.5. The molecule has 92 valence electrons. The molecule has 0 fully saturated rings. The molecule has 17 heavy (non-hydrogen) atoms. The zero-order valence-electron chi connectivity index (χ0n) is 8.09. The van der Waals surface area contributed by atoms with Gasteiger partial charge in [0, 0.05) is 5.56 Å². The molecule has 0 bridgehead atoms. The highest BCUT2D eigenvalue weighted by molar-refractivity contribution is 5.40. The molecule has 0 atom stereocenters. The molecule has 0 radical (unpaired) electrons. The van der Waals surface area contributed by atoms with Gasteiger partial charge in [-0.3, -0.25) is 0 Å². The summed E-state index contributed by atoms with van der Waals surface area (Å²) in [6.45, 7) is -1.10. The summed E-state index contributed by atoms with van der Waals surface area (Å²) in [5.41, 5.74) is -4.27. The zero-order valence-corrected chi connectivity index (χ0v) is 8.09. The van der Waals surface area contributed by atoms with Crippen molar-refractivity contribution in [2.75, 3.05) is 0 Å². The van der Waals surface area contributed by atoms with E-state index in [-0.39, 0.29) is 6.07 Å². The lowest BCUT2D eigenvalue weighted by Crippen LogP contribution is -2.13. The third kappa shape index (κ3) is 2.68. The van der Waals surface area contributed by atoms with Crippen LogP contribution in [-0.4, -0.2) is 10.1 Å². The van der Waals surface area contributed by atoms with Gasteiger partial charge in [-0.15, -0.1) is 0 Å². The molecule has 0 unspecified atom stereocenters. The predicted octanol–water partition coefficient (Wildman–Crippen LogP) is 2.40. The molecule has 0 saturated carbocycles. The van der Waals surface area contributed by atoms with Crippen LogP contribution in [0.4, 0.5) is 22.0 Å². The summed E-state index contributed by atoms with van der Waals surface area (Å²) in [4.78, 5) is 3.06. The summed E-state index contributed by atoms with van der Waals surface area (Å²) in [6, 6.07) is 1.39. The molecule has 0 spiro atoms. The van der Waals surface area contributed by atoms with Gasteiger partial charge in [0.05, 0.1) is 12.2 Å². The van der Waals surface area contributed by atoms with Crippen molar-refractivity contribution in [2.45, 2.75) is 19.2 Å². The van der Waals surface area contributed by atoms with Crippen LogP contribution in [0.15, 0.2) is 6.07 Å². The van der Waals surface area contributed by atoms with E-state index in [1.54, 1.807) is 0 Å². The number of alkyl halides is 5. The first-order valence-corrected chi connectivity index (χ1v) is 4.21. The molecule has 3 nitrogen and oxygen atoms in total. The maximum Gasteiger partial charge on any atom is 0.416 e. The number of nitrogens with zero attached hydrogens (tertiary/aromatic N) is 2. The van der Waals surface area contributed by atoms with Gasteiger partial charge < -0.3 is 5.11 Å². The molecule has 1 aromatic heterocycles. The minimum absolute atomic E-state index is 0.136. The molecular formula is C9H5F5N2O. The first-order valence-electron chi connectivity index (χ1n) is 4.21. The topological polar surface area (TPSA) is 56.9 Å². The van der Waals surface area contributed by atoms with E-state index < -0.39 is 41.7 Å². The molecule has 0 aliphatic heterocycles. The van der Waals surface area contributed by atoms with Crippen LogP contribution in [0.2, 0.25) is 0 Å². The number of hydrogen-bond acceptors (Lipinski definition) is 3. The molecule has 1 heterocycles. The second-order valence-corrected chi connectivity index (χ2v) is 2.99. The number of aliphatic hydroxyl groups excluding tert-OH is 1. The van der Waals surface area contributed by atoms with Gasteiger partial charge in [0.25, 0.3) is 6.43 Å². The average Bonchev–Trinajstić information content (AvgIpc) is 2.25. The highest BCUT2D eigenvalue weighted by Gasteiger charge is 2.36. The lowest BCUT2D eigenvalue weighted by molar-refractivity contribution is -0.138. The van der Waals surface area contributed by atoms with Gasteiger partial charge in [0.1, 0.15) is 17.5 Å². The van der Waals surface area contributed by atoms with Gasteiger partial charge in [0.15, 0.2) is 0 Å². The average molecular weight is 252 g/mol. The van der Waals surface area contributed by atoms with Crippen LogP contribution >= 0.6 is 0 Å². The first kappa shape index (κ1) is 13.3. The largest absolute Gasteiger partial charge is 0.416 e. The molecule has 1 aromatic rings. The lowest BCUT2D eigenvalue weighted by atomic mass is 10.1. The third-order valence-electron chi connectivity index (χ3n) is 1.94. The van der Waals surface area contributed by atoms with Gasteiger partial charge in [-0.2, -0.15) is 18.4 Å². The van der Waals surface area contributed by atoms with E-state index in [1.807, 2.05) is 0 Å². The number of aromatic nitrogens is 1. The van der Waals surface area contributed by atoms with E-state index in [0.29, 0.717) is 0 Å². The molecule has 0 aliphatic rings. The van der Waals surface area contributed by atoms with E-state index in [1.165, 1.54) is 6.07 Å². The van der Waals surface area contributed by atoms with Gasteiger partial charge >= 0.3 is 6.18 Å². The molecule has 1 N–H and O–H groups in total. The maximum atomic E-state index is 12.5. The summed E-state index contributed by atoms with van der Waals surface area (Å²) in [5, 5.41) is 17.3. The zero-order chi connectivity index (χ0) is 13.2. The Morgan fingerprint density at radius 3 is 2.35 bits per heavy atom. The normalized spacial score (nSPS) is 11.6. The van der Waals surface area contributed by atoms with Crippen molar-refractivity contribution in [1.82, 2.24) is 4.98 Å². The Morgan fingerprint density at radius 2 is 2.00 bits per heavy atom. The molecular weight excluding hydrogens is 247 g/mol. The number of pyridine rings is 1. The van der Waals surface area contributed by atoms with E-state index in [9.17, 15) is 22.0 Å². The summed E-state index contributed by atoms with van der Waals surface area (Å²) in [7, 11) is 0. The summed E-state index contributed by atoms with van der Waals surface area (Å²) >= 11 is 0. The Morgan fingerprint density at radius 1 is 1.41 bits per heavy atom. The summed E-state index contributed by atoms with van der Waals surface area (Å²) in [5.74, 6) is 0. The van der Waals surface area contributed by atoms with Gasteiger partial charge in [-0.25, -0.2) is 13.8 Å². The van der Waals surface area contributed by atoms with E-state index in [2.05, 4.69) is 4.98 Å². The van der Waals surface area contributed by atoms with Crippen molar-refractivity contribution >= 4 is 0 Å². The fourth-order valence-electron chi connectivity index (χ4n) is 1.21. The van der Waals surface area contributed by atoms with Crippen molar-refractivity contribution in [3.05, 3.63) is 28.6 Å². The Hall–Kier alpha value is -1.75. The molecule has 0 aromatic carbocycles. The second kappa shape index (κ2) is 4.63. The first-order chi connectivity index (χ1) is 7.81. The van der Waals surface area contributed by atoms with E-state index in [0.717, 1.165) is 0 Å². The van der Waals surface area contributed by atoms with Crippen LogP contribution in [-0.2, 0) is 12.8 Å². The summed E-state index contributed by atoms with van der Waals surface area (Å²) in [6.07, 6.45) is -8.16. The smallest absolute Gasteiger partial charge is 0.392 e. The van der Waals surface area contributed by atoms with Crippen molar-refractivity contribution in [3.8, 4) is 6.07 Å². The highest BCUT2D eigenvalue weighted by atomic mass is 19.4. The molecule has 0 saturated heterocycles. The van der Waals surface area contributed by atoms with Crippen LogP contribution in [0.5, 0.6) is 0 Å². The molecule has 0 amide bonds. The minimum atomic E-state index is -4.93. The van der Waals surface area contributed by atoms with Crippen molar-refractivity contribution in [1.29, 1.82) is 5.26 Å². The molecule has 8 heteroatoms. The fraction of sp³-hybridized carbons (Fsp3) is 0.333. The van der Waals surface area contributed by atoms with Crippen LogP contribution in [0.25, 0.3) is 0 Å². The van der Waals surface area contributed by atoms with Crippen LogP contribution < -0.4 is 0 Å². The Labute approximate surface area is 92.1 Å². The standard InChI is InChI=1S/C9H5F5N2O/c10-8(11)6-1-5(9(12,13)14)4(3-17)7(2-15)16-6/h1,8,17H,3H2. The van der Waals surface area contributed by atoms with Crippen LogP contribution in [0.1, 0.15) is 28.9 Å². The minimum Gasteiger partial charge on any atom is -0.392 e. The SMILES string of the molecule is N#Cc1nc(C(F)F)cc(C(F)(F)F)c1CO. The molecule has 1 rings (SSSR count). The lowest BCUT2D eigenvalue weighted by Gasteiger charge is -2.13. The Bertz CT molecular complexity index is 464. The van der Waals surface area contributed by atoms with Crippen molar-refractivity contribution in [3.63, 3.8) is 0 Å². The fourth-order valence-corrected chi connectivity index (χ4v) is 1.21. The number of nitriles is 1. The quantitative estimate of drug-likeness (QED) is 0.822. The van der Waals surface area contributed by atoms with Crippen molar-refractivity contribution < 1.29 is 27.1 Å². The third-order valence-corrected chi connectivity index (χ3v) is 1.94. The monoisotopic (exact) mass is 252 g/mol. The summed E-state index contributed by atoms with van der Waals surface area (Å²) < 4.78 is 62.1. The van der Waals surface area contributed by atoms with Gasteiger partial charge in [-0.05, 0) is 6.07 Å². The van der Waals surface area contributed by atoms with Gasteiger partial charge in [-0.1, -0.05) is 0 Å². The van der Waals surface area contributed by atoms with Crippen LogP contribution in [0, 0.1) is 11.3 Å². The number of halogens is 5. The molecule has 0 aliphatic carbocycles. The number of rotatable bonds is 2. The second-order valence-electron chi connectivity index (χ2n) is 2.99. The van der Waals surface area contributed by atoms with E-state index >= 15 is 0 Å². The Kier molecular flexibility index (Phi) is 3.63. The Balaban J connectivity index is 3.56. The van der Waals surface area contributed by atoms with Gasteiger partial charge in [0.2, 0.25) is 0 Å². The van der Waals surface area contributed by atoms with E-state index in [4.69, 9.17) is 10.4 Å². The number of hydrogen-bond donors (Lipinski definition) is 1. The van der Waals surface area contributed by atoms with Crippen molar-refractivity contribution in [2.24, 2.45) is 0 Å².